The highest BCUT2D eigenvalue weighted by atomic mass is 15.2. The zero-order valence-electron chi connectivity index (χ0n) is 12.4. The molecule has 0 radical (unpaired) electrons. The topological polar surface area (TPSA) is 24.7 Å². The number of hydrogen-bond donors (Lipinski definition) is 0. The molecule has 2 heteroatoms. The third kappa shape index (κ3) is 1.24. The van der Waals surface area contributed by atoms with Crippen molar-refractivity contribution < 1.29 is 0 Å². The van der Waals surface area contributed by atoms with Gasteiger partial charge in [0.15, 0.2) is 0 Å². The number of nitrogens with zero attached hydrogens (tertiary/aromatic N) is 2. The lowest BCUT2D eigenvalue weighted by molar-refractivity contribution is 0.241. The van der Waals surface area contributed by atoms with E-state index in [-0.39, 0.29) is 0 Å². The third-order valence-corrected chi connectivity index (χ3v) is 8.34. The molecular weight excluding hydrogens is 244 g/mol. The molecule has 0 heterocycles. The molecule has 0 aromatic heterocycles. The van der Waals surface area contributed by atoms with Gasteiger partial charge in [0.25, 0.3) is 0 Å². The average molecular weight is 270 g/mol. The lowest BCUT2D eigenvalue weighted by Gasteiger charge is -2.32. The second-order valence-electron chi connectivity index (χ2n) is 9.50. The molecule has 0 aliphatic heterocycles. The summed E-state index contributed by atoms with van der Waals surface area (Å²) in [6.45, 7) is 0. The van der Waals surface area contributed by atoms with E-state index in [1.807, 2.05) is 0 Å². The van der Waals surface area contributed by atoms with Gasteiger partial charge in [0.2, 0.25) is 0 Å². The van der Waals surface area contributed by atoms with Gasteiger partial charge in [-0.25, -0.2) is 0 Å². The number of hydrogen-bond acceptors (Lipinski definition) is 2. The second kappa shape index (κ2) is 3.33. The van der Waals surface area contributed by atoms with Gasteiger partial charge in [0.05, 0.1) is 11.1 Å². The second-order valence-corrected chi connectivity index (χ2v) is 9.50. The summed E-state index contributed by atoms with van der Waals surface area (Å²) in [5, 5.41) is 10.4. The number of rotatable bonds is 2. The monoisotopic (exact) mass is 270 g/mol. The maximum atomic E-state index is 5.19. The smallest absolute Gasteiger partial charge is 0.0849 e. The van der Waals surface area contributed by atoms with Crippen molar-refractivity contribution in [3.63, 3.8) is 0 Å². The fourth-order valence-corrected chi connectivity index (χ4v) is 8.03. The van der Waals surface area contributed by atoms with Crippen LogP contribution in [0, 0.1) is 35.5 Å². The molecule has 8 bridgehead atoms. The Morgan fingerprint density at radius 3 is 1.20 bits per heavy atom. The molecule has 0 aromatic rings. The van der Waals surface area contributed by atoms with Crippen molar-refractivity contribution in [2.75, 3.05) is 0 Å². The van der Waals surface area contributed by atoms with E-state index in [1.54, 1.807) is 0 Å². The first kappa shape index (κ1) is 11.2. The Morgan fingerprint density at radius 2 is 0.850 bits per heavy atom. The maximum absolute atomic E-state index is 5.19. The van der Waals surface area contributed by atoms with Crippen LogP contribution in [0.1, 0.15) is 64.2 Å². The molecule has 2 nitrogen and oxygen atoms in total. The number of azo groups is 1. The van der Waals surface area contributed by atoms with E-state index in [1.165, 1.54) is 64.2 Å². The standard InChI is InChI=1S/C18H26N2/c1-11-3-15-4-12(1)8-17(15,7-11)19-20-18-9-13-2-14(10-18)6-16(18)5-13/h11-16H,1-10H2. The molecule has 0 N–H and O–H groups in total. The minimum atomic E-state index is 0.336. The van der Waals surface area contributed by atoms with Gasteiger partial charge < -0.3 is 0 Å². The van der Waals surface area contributed by atoms with Crippen LogP contribution in [-0.4, -0.2) is 11.1 Å². The molecule has 0 saturated heterocycles. The Hall–Kier alpha value is -0.400. The summed E-state index contributed by atoms with van der Waals surface area (Å²) in [5.41, 5.74) is 0.671. The zero-order chi connectivity index (χ0) is 12.9. The summed E-state index contributed by atoms with van der Waals surface area (Å²) in [6, 6.07) is 0. The molecule has 8 rings (SSSR count). The first-order valence-corrected chi connectivity index (χ1v) is 9.17. The Labute approximate surface area is 121 Å². The molecule has 8 fully saturated rings. The molecule has 8 aliphatic rings. The lowest BCUT2D eigenvalue weighted by atomic mass is 9.80. The molecular formula is C18H26N2. The fraction of sp³-hybridized carbons (Fsp3) is 1.00. The summed E-state index contributed by atoms with van der Waals surface area (Å²) < 4.78 is 0. The van der Waals surface area contributed by atoms with Crippen LogP contribution in [0.2, 0.25) is 0 Å². The fourth-order valence-electron chi connectivity index (χ4n) is 8.03. The average Bonchev–Trinajstić information content (AvgIpc) is 2.99. The Balaban J connectivity index is 1.34. The van der Waals surface area contributed by atoms with Crippen molar-refractivity contribution in [3.8, 4) is 0 Å². The van der Waals surface area contributed by atoms with E-state index in [4.69, 9.17) is 10.2 Å². The largest absolute Gasteiger partial charge is 0.187 e. The maximum Gasteiger partial charge on any atom is 0.0849 e. The molecule has 108 valence electrons. The van der Waals surface area contributed by atoms with Crippen molar-refractivity contribution in [2.45, 2.75) is 75.3 Å². The SMILES string of the molecule is C1C2CC3CC1CC3(N=NC13CC4CC(CC1C4)C3)C2. The van der Waals surface area contributed by atoms with E-state index < -0.39 is 0 Å². The summed E-state index contributed by atoms with van der Waals surface area (Å²) in [5.74, 6) is 5.89. The van der Waals surface area contributed by atoms with Crippen LogP contribution < -0.4 is 0 Å². The molecule has 0 amide bonds. The molecule has 0 aromatic carbocycles. The normalized spacial score (nSPS) is 65.2. The van der Waals surface area contributed by atoms with E-state index in [0.29, 0.717) is 11.1 Å². The summed E-state index contributed by atoms with van der Waals surface area (Å²) >= 11 is 0. The van der Waals surface area contributed by atoms with Gasteiger partial charge >= 0.3 is 0 Å². The Kier molecular flexibility index (Phi) is 1.87. The molecule has 8 aliphatic carbocycles. The van der Waals surface area contributed by atoms with E-state index in [0.717, 1.165) is 35.5 Å². The van der Waals surface area contributed by atoms with E-state index >= 15 is 0 Å². The van der Waals surface area contributed by atoms with Crippen LogP contribution in [0.5, 0.6) is 0 Å². The van der Waals surface area contributed by atoms with Crippen LogP contribution in [-0.2, 0) is 0 Å². The first-order chi connectivity index (χ1) is 9.73. The van der Waals surface area contributed by atoms with Crippen LogP contribution in [0.3, 0.4) is 0 Å². The van der Waals surface area contributed by atoms with Gasteiger partial charge in [-0.15, -0.1) is 0 Å². The van der Waals surface area contributed by atoms with Crippen molar-refractivity contribution >= 4 is 0 Å². The van der Waals surface area contributed by atoms with Crippen molar-refractivity contribution in [3.05, 3.63) is 0 Å². The van der Waals surface area contributed by atoms with Crippen LogP contribution in [0.4, 0.5) is 0 Å². The summed E-state index contributed by atoms with van der Waals surface area (Å²) in [4.78, 5) is 0. The van der Waals surface area contributed by atoms with Crippen LogP contribution in [0.15, 0.2) is 10.2 Å². The Morgan fingerprint density at radius 1 is 0.500 bits per heavy atom. The van der Waals surface area contributed by atoms with Gasteiger partial charge in [-0.05, 0) is 99.7 Å². The summed E-state index contributed by atoms with van der Waals surface area (Å²) in [6.07, 6.45) is 14.5. The highest BCUT2D eigenvalue weighted by Crippen LogP contribution is 2.65. The summed E-state index contributed by atoms with van der Waals surface area (Å²) in [7, 11) is 0. The molecule has 4 unspecified atom stereocenters. The minimum Gasteiger partial charge on any atom is -0.187 e. The van der Waals surface area contributed by atoms with Gasteiger partial charge in [0.1, 0.15) is 0 Å². The lowest BCUT2D eigenvalue weighted by Crippen LogP contribution is -2.32. The highest BCUT2D eigenvalue weighted by molar-refractivity contribution is 5.15. The van der Waals surface area contributed by atoms with Crippen molar-refractivity contribution in [1.82, 2.24) is 0 Å². The van der Waals surface area contributed by atoms with E-state index in [9.17, 15) is 0 Å². The first-order valence-electron chi connectivity index (χ1n) is 9.17. The van der Waals surface area contributed by atoms with Crippen molar-refractivity contribution in [1.29, 1.82) is 0 Å². The Bertz CT molecular complexity index is 424. The highest BCUT2D eigenvalue weighted by Gasteiger charge is 2.61. The minimum absolute atomic E-state index is 0.336. The zero-order valence-corrected chi connectivity index (χ0v) is 12.4. The van der Waals surface area contributed by atoms with E-state index in [2.05, 4.69) is 0 Å². The van der Waals surface area contributed by atoms with Gasteiger partial charge in [0, 0.05) is 0 Å². The molecule has 4 atom stereocenters. The van der Waals surface area contributed by atoms with Gasteiger partial charge in [-0.3, -0.25) is 0 Å². The van der Waals surface area contributed by atoms with Gasteiger partial charge in [-0.2, -0.15) is 10.2 Å². The predicted octanol–water partition coefficient (Wildman–Crippen LogP) is 4.60. The molecule has 0 spiro atoms. The third-order valence-electron chi connectivity index (χ3n) is 8.34. The van der Waals surface area contributed by atoms with Crippen molar-refractivity contribution in [2.24, 2.45) is 45.7 Å². The van der Waals surface area contributed by atoms with Crippen LogP contribution in [0.25, 0.3) is 0 Å². The predicted molar refractivity (Wildman–Crippen MR) is 77.4 cm³/mol. The quantitative estimate of drug-likeness (QED) is 0.655. The molecule has 20 heavy (non-hydrogen) atoms. The van der Waals surface area contributed by atoms with Gasteiger partial charge in [-0.1, -0.05) is 0 Å². The van der Waals surface area contributed by atoms with Crippen LogP contribution >= 0.6 is 0 Å². The molecule has 8 saturated carbocycles.